The fraction of sp³-hybridized carbons (Fsp3) is 0.325. The number of hydrogen-bond donors (Lipinski definition) is 2. The Labute approximate surface area is 300 Å². The van der Waals surface area contributed by atoms with Crippen molar-refractivity contribution in [1.82, 2.24) is 20.2 Å². The van der Waals surface area contributed by atoms with Crippen molar-refractivity contribution in [3.63, 3.8) is 0 Å². The van der Waals surface area contributed by atoms with Gasteiger partial charge in [-0.3, -0.25) is 34.2 Å². The average Bonchev–Trinajstić information content (AvgIpc) is 3.37. The largest absolute Gasteiger partial charge is 0.490 e. The second-order valence-corrected chi connectivity index (χ2v) is 13.5. The first kappa shape index (κ1) is 34.5. The molecule has 1 atom stereocenters. The third-order valence-electron chi connectivity index (χ3n) is 10.4. The summed E-state index contributed by atoms with van der Waals surface area (Å²) in [6, 6.07) is 20.5. The van der Waals surface area contributed by atoms with E-state index in [1.807, 2.05) is 24.3 Å². The van der Waals surface area contributed by atoms with E-state index in [9.17, 15) is 24.0 Å². The van der Waals surface area contributed by atoms with E-state index in [0.717, 1.165) is 36.3 Å². The van der Waals surface area contributed by atoms with E-state index in [4.69, 9.17) is 9.47 Å². The predicted molar refractivity (Wildman–Crippen MR) is 191 cm³/mol. The summed E-state index contributed by atoms with van der Waals surface area (Å²) in [6.45, 7) is 5.80. The van der Waals surface area contributed by atoms with Crippen molar-refractivity contribution in [2.24, 2.45) is 0 Å². The quantitative estimate of drug-likeness (QED) is 0.133. The third-order valence-corrected chi connectivity index (χ3v) is 10.4. The number of benzene rings is 3. The molecule has 2 N–H and O–H groups in total. The van der Waals surface area contributed by atoms with Gasteiger partial charge in [-0.15, -0.1) is 0 Å². The topological polar surface area (TPSA) is 157 Å². The van der Waals surface area contributed by atoms with Crippen LogP contribution in [-0.4, -0.2) is 62.5 Å². The molecular weight excluding hydrogens is 662 g/mol. The Kier molecular flexibility index (Phi) is 9.31. The molecule has 52 heavy (non-hydrogen) atoms. The Bertz CT molecular complexity index is 2040. The van der Waals surface area contributed by atoms with Crippen molar-refractivity contribution in [3.05, 3.63) is 107 Å². The SMILES string of the molecule is CCC(CC)(c1ccc(Oc2cnc(C(C)=O)nc2)cc1)c1ccc(OC2CC(Nc3ccc4c(c3)C(=O)N(C3CCC(=O)NC3=O)C4=O)C2)cc1. The number of amides is 4. The van der Waals surface area contributed by atoms with Gasteiger partial charge in [0, 0.05) is 43.3 Å². The molecule has 4 amide bonds. The van der Waals surface area contributed by atoms with E-state index in [1.54, 1.807) is 18.2 Å². The lowest BCUT2D eigenvalue weighted by atomic mass is 9.70. The van der Waals surface area contributed by atoms with E-state index in [0.29, 0.717) is 17.2 Å². The van der Waals surface area contributed by atoms with Crippen LogP contribution < -0.4 is 20.1 Å². The number of carbonyl (C=O) groups is 5. The number of ether oxygens (including phenoxy) is 2. The van der Waals surface area contributed by atoms with E-state index < -0.39 is 29.7 Å². The van der Waals surface area contributed by atoms with Crippen LogP contribution in [0.3, 0.4) is 0 Å². The first-order valence-corrected chi connectivity index (χ1v) is 17.6. The van der Waals surface area contributed by atoms with E-state index in [-0.39, 0.29) is 53.1 Å². The number of ketones is 1. The zero-order valence-electron chi connectivity index (χ0n) is 29.2. The van der Waals surface area contributed by atoms with Crippen LogP contribution in [0.25, 0.3) is 0 Å². The Balaban J connectivity index is 0.941. The summed E-state index contributed by atoms with van der Waals surface area (Å²) < 4.78 is 12.2. The molecule has 0 spiro atoms. The fourth-order valence-electron chi connectivity index (χ4n) is 7.38. The zero-order valence-corrected chi connectivity index (χ0v) is 29.2. The van der Waals surface area contributed by atoms with Crippen LogP contribution in [0.1, 0.15) is 102 Å². The molecule has 1 saturated carbocycles. The highest BCUT2D eigenvalue weighted by atomic mass is 16.5. The summed E-state index contributed by atoms with van der Waals surface area (Å²) >= 11 is 0. The highest BCUT2D eigenvalue weighted by Crippen LogP contribution is 2.41. The molecule has 1 aliphatic carbocycles. The highest BCUT2D eigenvalue weighted by Gasteiger charge is 2.45. The molecule has 2 fully saturated rings. The number of Topliss-reactive ketones (excluding diaryl/α,β-unsaturated/α-hetero) is 1. The number of hydrogen-bond acceptors (Lipinski definition) is 10. The van der Waals surface area contributed by atoms with Crippen LogP contribution in [-0.2, 0) is 15.0 Å². The molecule has 1 aromatic heterocycles. The smallest absolute Gasteiger partial charge is 0.262 e. The summed E-state index contributed by atoms with van der Waals surface area (Å²) in [5.74, 6) is -0.225. The van der Waals surface area contributed by atoms with Gasteiger partial charge in [0.05, 0.1) is 23.5 Å². The van der Waals surface area contributed by atoms with E-state index in [1.165, 1.54) is 30.4 Å². The maximum atomic E-state index is 13.2. The summed E-state index contributed by atoms with van der Waals surface area (Å²) in [6.07, 6.45) is 6.55. The molecular formula is C40H39N5O7. The number of fused-ring (bicyclic) bond motifs is 1. The van der Waals surface area contributed by atoms with Crippen molar-refractivity contribution in [2.45, 2.75) is 82.9 Å². The van der Waals surface area contributed by atoms with Crippen molar-refractivity contribution in [3.8, 4) is 17.2 Å². The molecule has 1 unspecified atom stereocenters. The summed E-state index contributed by atoms with van der Waals surface area (Å²) in [5.41, 5.74) is 3.39. The lowest BCUT2D eigenvalue weighted by Gasteiger charge is -2.37. The maximum absolute atomic E-state index is 13.2. The van der Waals surface area contributed by atoms with Crippen molar-refractivity contribution in [2.75, 3.05) is 5.32 Å². The van der Waals surface area contributed by atoms with Gasteiger partial charge < -0.3 is 14.8 Å². The molecule has 266 valence electrons. The number of rotatable bonds is 12. The minimum absolute atomic E-state index is 0.0303. The normalized spacial score (nSPS) is 19.8. The predicted octanol–water partition coefficient (Wildman–Crippen LogP) is 6.00. The summed E-state index contributed by atoms with van der Waals surface area (Å²) in [4.78, 5) is 70.7. The monoisotopic (exact) mass is 701 g/mol. The number of anilines is 1. The van der Waals surface area contributed by atoms with Gasteiger partial charge in [-0.05, 0) is 72.9 Å². The Morgan fingerprint density at radius 1 is 0.846 bits per heavy atom. The molecule has 3 aromatic carbocycles. The molecule has 3 heterocycles. The minimum atomic E-state index is -0.991. The minimum Gasteiger partial charge on any atom is -0.490 e. The first-order valence-electron chi connectivity index (χ1n) is 17.6. The molecule has 0 radical (unpaired) electrons. The highest BCUT2D eigenvalue weighted by molar-refractivity contribution is 6.23. The van der Waals surface area contributed by atoms with Gasteiger partial charge in [0.1, 0.15) is 23.6 Å². The van der Waals surface area contributed by atoms with Crippen LogP contribution in [0.2, 0.25) is 0 Å². The van der Waals surface area contributed by atoms with Crippen molar-refractivity contribution >= 4 is 35.1 Å². The lowest BCUT2D eigenvalue weighted by Crippen LogP contribution is -2.54. The van der Waals surface area contributed by atoms with Crippen LogP contribution in [0.4, 0.5) is 5.69 Å². The fourth-order valence-corrected chi connectivity index (χ4v) is 7.38. The Hall–Kier alpha value is -5.91. The number of piperidine rings is 1. The summed E-state index contributed by atoms with van der Waals surface area (Å²) in [5, 5.41) is 5.66. The molecule has 7 rings (SSSR count). The van der Waals surface area contributed by atoms with E-state index in [2.05, 4.69) is 58.7 Å². The number of carbonyl (C=O) groups excluding carboxylic acids is 5. The average molecular weight is 702 g/mol. The van der Waals surface area contributed by atoms with Gasteiger partial charge in [0.2, 0.25) is 11.8 Å². The number of aromatic nitrogens is 2. The zero-order chi connectivity index (χ0) is 36.6. The lowest BCUT2D eigenvalue weighted by molar-refractivity contribution is -0.136. The molecule has 1 saturated heterocycles. The number of imide groups is 2. The third kappa shape index (κ3) is 6.52. The van der Waals surface area contributed by atoms with Crippen molar-refractivity contribution < 1.29 is 33.4 Å². The van der Waals surface area contributed by atoms with Crippen LogP contribution in [0.5, 0.6) is 17.2 Å². The Morgan fingerprint density at radius 3 is 2.06 bits per heavy atom. The van der Waals surface area contributed by atoms with Crippen LogP contribution in [0, 0.1) is 0 Å². The first-order chi connectivity index (χ1) is 25.1. The second-order valence-electron chi connectivity index (χ2n) is 13.5. The maximum Gasteiger partial charge on any atom is 0.262 e. The van der Waals surface area contributed by atoms with Crippen molar-refractivity contribution in [1.29, 1.82) is 0 Å². The van der Waals surface area contributed by atoms with Gasteiger partial charge >= 0.3 is 0 Å². The second kappa shape index (κ2) is 14.0. The molecule has 2 aliphatic heterocycles. The van der Waals surface area contributed by atoms with Gasteiger partial charge in [-0.1, -0.05) is 38.1 Å². The van der Waals surface area contributed by atoms with Gasteiger partial charge in [-0.25, -0.2) is 9.97 Å². The van der Waals surface area contributed by atoms with Crippen LogP contribution >= 0.6 is 0 Å². The van der Waals surface area contributed by atoms with E-state index >= 15 is 0 Å². The molecule has 3 aliphatic rings. The molecule has 12 heteroatoms. The van der Waals surface area contributed by atoms with Gasteiger partial charge in [-0.2, -0.15) is 0 Å². The standard InChI is InChI=1S/C40H39N5O7/c1-4-40(5-2,25-8-13-29(14-9-25)52-31-21-41-36(23(3)46)42-22-31)24-6-11-28(12-7-24)51-30-18-27(19-30)43-26-10-15-32-33(20-26)39(50)45(38(32)49)34-16-17-35(47)44-37(34)48/h6-15,20-22,27,30,34,43H,4-5,16-19H2,1-3H3,(H,44,47,48). The Morgan fingerprint density at radius 2 is 1.46 bits per heavy atom. The molecule has 4 aromatic rings. The summed E-state index contributed by atoms with van der Waals surface area (Å²) in [7, 11) is 0. The number of nitrogens with one attached hydrogen (secondary N) is 2. The molecule has 12 nitrogen and oxygen atoms in total. The van der Waals surface area contributed by atoms with Crippen LogP contribution in [0.15, 0.2) is 79.1 Å². The number of nitrogens with zero attached hydrogens (tertiary/aromatic N) is 3. The van der Waals surface area contributed by atoms with Gasteiger partial charge in [0.25, 0.3) is 11.8 Å². The van der Waals surface area contributed by atoms with Gasteiger partial charge in [0.15, 0.2) is 17.4 Å². The molecule has 0 bridgehead atoms.